The summed E-state index contributed by atoms with van der Waals surface area (Å²) in [7, 11) is -0.185. The van der Waals surface area contributed by atoms with Gasteiger partial charge in [-0.15, -0.1) is 0 Å². The van der Waals surface area contributed by atoms with Crippen molar-refractivity contribution in [1.82, 2.24) is 4.31 Å². The molecule has 5 heteroatoms. The van der Waals surface area contributed by atoms with Crippen molar-refractivity contribution in [2.45, 2.75) is 44.4 Å². The third-order valence-electron chi connectivity index (χ3n) is 3.36. The highest BCUT2D eigenvalue weighted by molar-refractivity contribution is 7.89. The van der Waals surface area contributed by atoms with Gasteiger partial charge in [-0.25, -0.2) is 12.7 Å². The Balaban J connectivity index is 3.16. The topological polar surface area (TPSA) is 46.6 Å². The number of benzene rings is 1. The average Bonchev–Trinajstić information content (AvgIpc) is 2.43. The van der Waals surface area contributed by atoms with Gasteiger partial charge in [0.1, 0.15) is 5.75 Å². The summed E-state index contributed by atoms with van der Waals surface area (Å²) in [6.07, 6.45) is 1.84. The SMILES string of the molecule is CCCCN(C)S(=O)(=O)c1ccc(OC)c(C(C)C)c1. The van der Waals surface area contributed by atoms with Crippen LogP contribution in [0.3, 0.4) is 0 Å². The molecule has 4 nitrogen and oxygen atoms in total. The van der Waals surface area contributed by atoms with Crippen LogP contribution < -0.4 is 4.74 Å². The van der Waals surface area contributed by atoms with E-state index in [4.69, 9.17) is 4.74 Å². The number of hydrogen-bond acceptors (Lipinski definition) is 3. The molecule has 0 heterocycles. The minimum Gasteiger partial charge on any atom is -0.496 e. The predicted octanol–water partition coefficient (Wildman–Crippen LogP) is 3.24. The fourth-order valence-electron chi connectivity index (χ4n) is 2.00. The zero-order valence-electron chi connectivity index (χ0n) is 13.0. The lowest BCUT2D eigenvalue weighted by atomic mass is 10.0. The second-order valence-corrected chi connectivity index (χ2v) is 7.28. The second-order valence-electron chi connectivity index (χ2n) is 5.24. The van der Waals surface area contributed by atoms with Crippen LogP contribution in [0.15, 0.2) is 23.1 Å². The number of ether oxygens (including phenoxy) is 1. The molecular weight excluding hydrogens is 274 g/mol. The van der Waals surface area contributed by atoms with Gasteiger partial charge in [0.05, 0.1) is 12.0 Å². The van der Waals surface area contributed by atoms with E-state index in [9.17, 15) is 8.42 Å². The second kappa shape index (κ2) is 7.09. The molecule has 0 bridgehead atoms. The van der Waals surface area contributed by atoms with Crippen LogP contribution in [0, 0.1) is 0 Å². The van der Waals surface area contributed by atoms with Gasteiger partial charge >= 0.3 is 0 Å². The van der Waals surface area contributed by atoms with Gasteiger partial charge in [0, 0.05) is 13.6 Å². The first kappa shape index (κ1) is 17.0. The van der Waals surface area contributed by atoms with Gasteiger partial charge in [-0.3, -0.25) is 0 Å². The third-order valence-corrected chi connectivity index (χ3v) is 5.21. The Morgan fingerprint density at radius 1 is 1.30 bits per heavy atom. The van der Waals surface area contributed by atoms with Gasteiger partial charge in [0.2, 0.25) is 10.0 Å². The fourth-order valence-corrected chi connectivity index (χ4v) is 3.25. The molecule has 0 spiro atoms. The van der Waals surface area contributed by atoms with Gasteiger partial charge in [0.25, 0.3) is 0 Å². The van der Waals surface area contributed by atoms with E-state index in [1.54, 1.807) is 32.4 Å². The monoisotopic (exact) mass is 299 g/mol. The van der Waals surface area contributed by atoms with Crippen molar-refractivity contribution >= 4 is 10.0 Å². The third kappa shape index (κ3) is 3.73. The van der Waals surface area contributed by atoms with E-state index < -0.39 is 10.0 Å². The molecule has 0 fully saturated rings. The molecule has 0 aromatic heterocycles. The van der Waals surface area contributed by atoms with Gasteiger partial charge in [-0.2, -0.15) is 0 Å². The van der Waals surface area contributed by atoms with Crippen molar-refractivity contribution in [2.75, 3.05) is 20.7 Å². The summed E-state index contributed by atoms with van der Waals surface area (Å²) in [6, 6.07) is 5.07. The van der Waals surface area contributed by atoms with E-state index in [-0.39, 0.29) is 5.92 Å². The number of rotatable bonds is 7. The molecule has 0 aliphatic heterocycles. The maximum atomic E-state index is 12.5. The van der Waals surface area contributed by atoms with Crippen molar-refractivity contribution in [3.63, 3.8) is 0 Å². The maximum absolute atomic E-state index is 12.5. The predicted molar refractivity (Wildman–Crippen MR) is 81.8 cm³/mol. The summed E-state index contributed by atoms with van der Waals surface area (Å²) in [5.41, 5.74) is 0.914. The van der Waals surface area contributed by atoms with Crippen LogP contribution in [-0.4, -0.2) is 33.4 Å². The fraction of sp³-hybridized carbons (Fsp3) is 0.600. The first-order chi connectivity index (χ1) is 9.34. The maximum Gasteiger partial charge on any atom is 0.242 e. The van der Waals surface area contributed by atoms with Gasteiger partial charge in [-0.05, 0) is 36.1 Å². The number of hydrogen-bond donors (Lipinski definition) is 0. The molecule has 0 atom stereocenters. The van der Waals surface area contributed by atoms with Crippen LogP contribution >= 0.6 is 0 Å². The van der Waals surface area contributed by atoms with Crippen LogP contribution in [0.4, 0.5) is 0 Å². The van der Waals surface area contributed by atoms with Crippen LogP contribution in [0.2, 0.25) is 0 Å². The quantitative estimate of drug-likeness (QED) is 0.776. The molecular formula is C15H25NO3S. The van der Waals surface area contributed by atoms with Crippen molar-refractivity contribution in [2.24, 2.45) is 0 Å². The zero-order chi connectivity index (χ0) is 15.3. The van der Waals surface area contributed by atoms with Crippen molar-refractivity contribution < 1.29 is 13.2 Å². The lowest BCUT2D eigenvalue weighted by Crippen LogP contribution is -2.28. The van der Waals surface area contributed by atoms with E-state index in [1.807, 2.05) is 20.8 Å². The highest BCUT2D eigenvalue weighted by atomic mass is 32.2. The molecule has 0 amide bonds. The molecule has 0 saturated heterocycles. The standard InChI is InChI=1S/C15H25NO3S/c1-6-7-10-16(4)20(17,18)13-8-9-15(19-5)14(11-13)12(2)3/h8-9,11-12H,6-7,10H2,1-5H3. The van der Waals surface area contributed by atoms with E-state index in [0.717, 1.165) is 24.2 Å². The van der Waals surface area contributed by atoms with E-state index in [2.05, 4.69) is 0 Å². The van der Waals surface area contributed by atoms with Crippen LogP contribution in [0.1, 0.15) is 45.1 Å². The highest BCUT2D eigenvalue weighted by Crippen LogP contribution is 2.29. The molecule has 0 radical (unpaired) electrons. The highest BCUT2D eigenvalue weighted by Gasteiger charge is 2.22. The Morgan fingerprint density at radius 2 is 1.95 bits per heavy atom. The summed E-state index contributed by atoms with van der Waals surface area (Å²) < 4.78 is 31.7. The average molecular weight is 299 g/mol. The number of methoxy groups -OCH3 is 1. The van der Waals surface area contributed by atoms with Crippen molar-refractivity contribution in [1.29, 1.82) is 0 Å². The molecule has 0 N–H and O–H groups in total. The smallest absolute Gasteiger partial charge is 0.242 e. The van der Waals surface area contributed by atoms with Gasteiger partial charge in [0.15, 0.2) is 0 Å². The summed E-state index contributed by atoms with van der Waals surface area (Å²) in [5, 5.41) is 0. The summed E-state index contributed by atoms with van der Waals surface area (Å²) in [6.45, 7) is 6.64. The number of sulfonamides is 1. The zero-order valence-corrected chi connectivity index (χ0v) is 13.8. The summed E-state index contributed by atoms with van der Waals surface area (Å²) in [4.78, 5) is 0.334. The Hall–Kier alpha value is -1.07. The Labute approximate surface area is 122 Å². The van der Waals surface area contributed by atoms with Crippen LogP contribution in [-0.2, 0) is 10.0 Å². The van der Waals surface area contributed by atoms with Crippen LogP contribution in [0.25, 0.3) is 0 Å². The molecule has 0 unspecified atom stereocenters. The molecule has 0 aliphatic rings. The first-order valence-electron chi connectivity index (χ1n) is 6.98. The first-order valence-corrected chi connectivity index (χ1v) is 8.42. The van der Waals surface area contributed by atoms with Gasteiger partial charge in [-0.1, -0.05) is 27.2 Å². The summed E-state index contributed by atoms with van der Waals surface area (Å²) >= 11 is 0. The Bertz CT molecular complexity index is 538. The normalized spacial score (nSPS) is 12.2. The lowest BCUT2D eigenvalue weighted by Gasteiger charge is -2.19. The number of nitrogens with zero attached hydrogens (tertiary/aromatic N) is 1. The summed E-state index contributed by atoms with van der Waals surface area (Å²) in [5.74, 6) is 0.941. The molecule has 0 saturated carbocycles. The van der Waals surface area contributed by atoms with Crippen LogP contribution in [0.5, 0.6) is 5.75 Å². The van der Waals surface area contributed by atoms with Crippen molar-refractivity contribution in [3.8, 4) is 5.75 Å². The molecule has 1 aromatic rings. The molecule has 114 valence electrons. The molecule has 0 aliphatic carbocycles. The van der Waals surface area contributed by atoms with E-state index >= 15 is 0 Å². The van der Waals surface area contributed by atoms with E-state index in [1.165, 1.54) is 4.31 Å². The Morgan fingerprint density at radius 3 is 2.45 bits per heavy atom. The van der Waals surface area contributed by atoms with E-state index in [0.29, 0.717) is 11.4 Å². The Kier molecular flexibility index (Phi) is 6.02. The molecule has 20 heavy (non-hydrogen) atoms. The molecule has 1 aromatic carbocycles. The lowest BCUT2D eigenvalue weighted by molar-refractivity contribution is 0.406. The minimum absolute atomic E-state index is 0.209. The molecule has 1 rings (SSSR count). The van der Waals surface area contributed by atoms with Crippen molar-refractivity contribution in [3.05, 3.63) is 23.8 Å². The number of unbranched alkanes of at least 4 members (excludes halogenated alkanes) is 1. The largest absolute Gasteiger partial charge is 0.496 e. The van der Waals surface area contributed by atoms with Gasteiger partial charge < -0.3 is 4.74 Å². The minimum atomic E-state index is -3.41.